The van der Waals surface area contributed by atoms with Gasteiger partial charge in [-0.1, -0.05) is 41.9 Å². The minimum Gasteiger partial charge on any atom is -0.496 e. The third kappa shape index (κ3) is 6.37. The lowest BCUT2D eigenvalue weighted by atomic mass is 10.1. The number of aromatic nitrogens is 2. The molecule has 0 spiro atoms. The van der Waals surface area contributed by atoms with Crippen molar-refractivity contribution < 1.29 is 17.9 Å². The second-order valence-corrected chi connectivity index (χ2v) is 11.8. The van der Waals surface area contributed by atoms with Crippen LogP contribution in [-0.4, -0.2) is 44.8 Å². The highest BCUT2D eigenvalue weighted by Gasteiger charge is 2.24. The van der Waals surface area contributed by atoms with Gasteiger partial charge in [-0.05, 0) is 42.4 Å². The smallest absolute Gasteiger partial charge is 0.234 e. The van der Waals surface area contributed by atoms with Gasteiger partial charge in [0.2, 0.25) is 5.91 Å². The largest absolute Gasteiger partial charge is 0.496 e. The molecule has 1 amide bonds. The summed E-state index contributed by atoms with van der Waals surface area (Å²) in [6.45, 7) is 1.09. The lowest BCUT2D eigenvalue weighted by Crippen LogP contribution is -2.31. The zero-order chi connectivity index (χ0) is 25.0. The number of sulfone groups is 1. The summed E-state index contributed by atoms with van der Waals surface area (Å²) in [7, 11) is -0.366. The number of methoxy groups -OCH3 is 1. The predicted octanol–water partition coefficient (Wildman–Crippen LogP) is 4.04. The van der Waals surface area contributed by atoms with E-state index >= 15 is 0 Å². The summed E-state index contributed by atoms with van der Waals surface area (Å²) in [5.41, 5.74) is 3.11. The first-order valence-electron chi connectivity index (χ1n) is 10.8. The number of amides is 1. The molecule has 0 saturated carbocycles. The maximum absolute atomic E-state index is 13.1. The van der Waals surface area contributed by atoms with Gasteiger partial charge in [0.1, 0.15) is 15.7 Å². The normalized spacial score (nSPS) is 11.3. The summed E-state index contributed by atoms with van der Waals surface area (Å²) in [5, 5.41) is 11.0. The number of hydrogen-bond donors (Lipinski definition) is 2. The van der Waals surface area contributed by atoms with E-state index in [0.29, 0.717) is 34.3 Å². The molecule has 4 rings (SSSR count). The van der Waals surface area contributed by atoms with E-state index in [0.717, 1.165) is 28.0 Å². The van der Waals surface area contributed by atoms with Crippen LogP contribution in [0.15, 0.2) is 58.8 Å². The van der Waals surface area contributed by atoms with Crippen molar-refractivity contribution in [3.8, 4) is 5.75 Å². The molecule has 2 aromatic heterocycles. The monoisotopic (exact) mass is 568 g/mol. The van der Waals surface area contributed by atoms with Crippen LogP contribution in [0, 0.1) is 0 Å². The molecule has 2 heterocycles. The van der Waals surface area contributed by atoms with Crippen LogP contribution in [0.4, 0.5) is 0 Å². The molecule has 0 aliphatic carbocycles. The molecule has 12 heteroatoms. The summed E-state index contributed by atoms with van der Waals surface area (Å²) in [4.78, 5) is 11.8. The van der Waals surface area contributed by atoms with Gasteiger partial charge in [0.15, 0.2) is 9.84 Å². The third-order valence-electron chi connectivity index (χ3n) is 5.36. The van der Waals surface area contributed by atoms with Crippen LogP contribution in [-0.2, 0) is 33.5 Å². The number of carbonyl (C=O) groups is 1. The number of hydrogen-bond acceptors (Lipinski definition) is 7. The van der Waals surface area contributed by atoms with Gasteiger partial charge in [0, 0.05) is 6.54 Å². The highest BCUT2D eigenvalue weighted by atomic mass is 35.5. The van der Waals surface area contributed by atoms with E-state index < -0.39 is 9.84 Å². The lowest BCUT2D eigenvalue weighted by molar-refractivity contribution is -0.120. The van der Waals surface area contributed by atoms with Crippen LogP contribution in [0.2, 0.25) is 4.34 Å². The maximum atomic E-state index is 13.1. The van der Waals surface area contributed by atoms with Crippen LogP contribution in [0.5, 0.6) is 5.75 Å². The Kier molecular flexibility index (Phi) is 9.37. The highest BCUT2D eigenvalue weighted by Crippen LogP contribution is 2.33. The van der Waals surface area contributed by atoms with E-state index in [1.165, 1.54) is 6.07 Å². The third-order valence-corrected chi connectivity index (χ3v) is 8.80. The van der Waals surface area contributed by atoms with E-state index in [-0.39, 0.29) is 34.8 Å². The molecular formula is C24H26Cl2N4O4S2. The molecule has 0 atom stereocenters. The van der Waals surface area contributed by atoms with Crippen LogP contribution >= 0.6 is 35.3 Å². The number of rotatable bonds is 10. The molecule has 2 aromatic carbocycles. The fourth-order valence-electron chi connectivity index (χ4n) is 3.82. The number of thiophene rings is 1. The summed E-state index contributed by atoms with van der Waals surface area (Å²) in [5.74, 6) is 0.204. The maximum Gasteiger partial charge on any atom is 0.234 e. The van der Waals surface area contributed by atoms with E-state index in [2.05, 4.69) is 10.6 Å². The molecule has 0 saturated heterocycles. The summed E-state index contributed by atoms with van der Waals surface area (Å²) >= 11 is 6.99. The predicted molar refractivity (Wildman–Crippen MR) is 145 cm³/mol. The number of carbonyl (C=O) groups excluding carboxylic acids is 1. The van der Waals surface area contributed by atoms with Gasteiger partial charge in [0.05, 0.1) is 41.1 Å². The van der Waals surface area contributed by atoms with Crippen molar-refractivity contribution in [2.24, 2.45) is 0 Å². The molecule has 0 aliphatic rings. The second-order valence-electron chi connectivity index (χ2n) is 7.90. The Hall–Kier alpha value is -2.63. The van der Waals surface area contributed by atoms with Crippen molar-refractivity contribution in [2.75, 3.05) is 20.7 Å². The minimum atomic E-state index is -3.64. The van der Waals surface area contributed by atoms with E-state index in [4.69, 9.17) is 21.4 Å². The van der Waals surface area contributed by atoms with Gasteiger partial charge in [-0.2, -0.15) is 5.10 Å². The molecular weight excluding hydrogens is 543 g/mol. The Bertz CT molecular complexity index is 1470. The molecule has 4 aromatic rings. The lowest BCUT2D eigenvalue weighted by Gasteiger charge is -2.09. The van der Waals surface area contributed by atoms with E-state index in [1.54, 1.807) is 31.0 Å². The SMILES string of the molecule is CNCC(=O)NCc1cccc(Cn2nc(CS(=O)(=O)c3ccc(Cl)s3)c3c(OC)cccc32)c1.Cl. The fraction of sp³-hybridized carbons (Fsp3) is 0.250. The minimum absolute atomic E-state index is 0. The molecule has 192 valence electrons. The average Bonchev–Trinajstić information content (AvgIpc) is 3.42. The van der Waals surface area contributed by atoms with Crippen molar-refractivity contribution in [3.05, 3.63) is 75.8 Å². The van der Waals surface area contributed by atoms with E-state index in [9.17, 15) is 13.2 Å². The summed E-state index contributed by atoms with van der Waals surface area (Å²) < 4.78 is 34.1. The molecule has 0 aliphatic heterocycles. The number of nitrogens with zero attached hydrogens (tertiary/aromatic N) is 2. The van der Waals surface area contributed by atoms with Gasteiger partial charge in [-0.25, -0.2) is 8.42 Å². The van der Waals surface area contributed by atoms with Crippen molar-refractivity contribution in [1.82, 2.24) is 20.4 Å². The van der Waals surface area contributed by atoms with Gasteiger partial charge in [-0.3, -0.25) is 9.48 Å². The first kappa shape index (κ1) is 27.9. The Morgan fingerprint density at radius 3 is 2.58 bits per heavy atom. The summed E-state index contributed by atoms with van der Waals surface area (Å²) in [6.07, 6.45) is 0. The Balaban J connectivity index is 0.00000361. The molecule has 0 fully saturated rings. The molecule has 0 bridgehead atoms. The first-order valence-corrected chi connectivity index (χ1v) is 13.6. The topological polar surface area (TPSA) is 102 Å². The fourth-order valence-corrected chi connectivity index (χ4v) is 6.66. The molecule has 36 heavy (non-hydrogen) atoms. The standard InChI is InChI=1S/C24H25ClN4O4S2.ClH/c1-26-13-22(30)27-12-16-5-3-6-17(11-16)14-29-19-7-4-8-20(33-2)24(19)18(28-29)15-35(31,32)23-10-9-21(25)34-23;/h3-11,26H,12-15H2,1-2H3,(H,27,30);1H. The first-order chi connectivity index (χ1) is 16.8. The number of nitrogens with one attached hydrogen (secondary N) is 2. The average molecular weight is 570 g/mol. The zero-order valence-electron chi connectivity index (χ0n) is 19.7. The number of benzene rings is 2. The molecule has 8 nitrogen and oxygen atoms in total. The Morgan fingerprint density at radius 1 is 1.14 bits per heavy atom. The van der Waals surface area contributed by atoms with Crippen molar-refractivity contribution in [2.45, 2.75) is 23.1 Å². The Labute approximate surface area is 224 Å². The number of likely N-dealkylation sites (N-methyl/N-ethyl adjacent to an activating group) is 1. The molecule has 0 radical (unpaired) electrons. The second kappa shape index (κ2) is 12.1. The van der Waals surface area contributed by atoms with Crippen molar-refractivity contribution in [3.63, 3.8) is 0 Å². The zero-order valence-corrected chi connectivity index (χ0v) is 22.9. The van der Waals surface area contributed by atoms with Crippen LogP contribution < -0.4 is 15.4 Å². The van der Waals surface area contributed by atoms with Crippen LogP contribution in [0.1, 0.15) is 16.8 Å². The quantitative estimate of drug-likeness (QED) is 0.299. The number of fused-ring (bicyclic) bond motifs is 1. The highest BCUT2D eigenvalue weighted by molar-refractivity contribution is 7.92. The number of halogens is 2. The Morgan fingerprint density at radius 2 is 1.89 bits per heavy atom. The van der Waals surface area contributed by atoms with Gasteiger partial charge < -0.3 is 15.4 Å². The molecule has 0 unspecified atom stereocenters. The number of ether oxygens (including phenoxy) is 1. The van der Waals surface area contributed by atoms with Gasteiger partial charge in [-0.15, -0.1) is 23.7 Å². The van der Waals surface area contributed by atoms with Gasteiger partial charge in [0.25, 0.3) is 0 Å². The van der Waals surface area contributed by atoms with Crippen LogP contribution in [0.25, 0.3) is 10.9 Å². The van der Waals surface area contributed by atoms with Crippen molar-refractivity contribution >= 4 is 62.0 Å². The summed E-state index contributed by atoms with van der Waals surface area (Å²) in [6, 6.07) is 16.5. The van der Waals surface area contributed by atoms with E-state index in [1.807, 2.05) is 36.4 Å². The van der Waals surface area contributed by atoms with Gasteiger partial charge >= 0.3 is 0 Å². The van der Waals surface area contributed by atoms with Crippen molar-refractivity contribution in [1.29, 1.82) is 0 Å². The molecule has 2 N–H and O–H groups in total. The van der Waals surface area contributed by atoms with Crippen LogP contribution in [0.3, 0.4) is 0 Å².